The second-order valence-electron chi connectivity index (χ2n) is 4.08. The van der Waals surface area contributed by atoms with Gasteiger partial charge < -0.3 is 5.32 Å². The van der Waals surface area contributed by atoms with Crippen LogP contribution in [0.3, 0.4) is 0 Å². The summed E-state index contributed by atoms with van der Waals surface area (Å²) in [6.45, 7) is 3.11. The van der Waals surface area contributed by atoms with Gasteiger partial charge in [-0.1, -0.05) is 31.0 Å². The van der Waals surface area contributed by atoms with Crippen molar-refractivity contribution < 1.29 is 0 Å². The van der Waals surface area contributed by atoms with Crippen LogP contribution in [0.4, 0.5) is 0 Å². The third kappa shape index (κ3) is 2.42. The predicted octanol–water partition coefficient (Wildman–Crippen LogP) is 2.88. The van der Waals surface area contributed by atoms with Crippen LogP contribution in [0.25, 0.3) is 0 Å². The molecule has 2 heteroatoms. The summed E-state index contributed by atoms with van der Waals surface area (Å²) in [5, 5.41) is 3.45. The molecule has 0 fully saturated rings. The summed E-state index contributed by atoms with van der Waals surface area (Å²) in [7, 11) is 0. The Morgan fingerprint density at radius 2 is 2.38 bits per heavy atom. The molecule has 0 amide bonds. The number of thioether (sulfide) groups is 1. The number of nitrogens with one attached hydrogen (secondary N) is 1. The third-order valence-corrected chi connectivity index (χ3v) is 4.27. The Morgan fingerprint density at radius 3 is 3.12 bits per heavy atom. The van der Waals surface area contributed by atoms with E-state index in [9.17, 15) is 0 Å². The quantitative estimate of drug-likeness (QED) is 0.800. The fourth-order valence-corrected chi connectivity index (χ4v) is 3.26. The summed E-state index contributed by atoms with van der Waals surface area (Å²) in [5.74, 6) is 4.57. The molecule has 0 saturated heterocycles. The van der Waals surface area contributed by atoms with Crippen LogP contribution in [-0.4, -0.2) is 18.3 Å². The highest BCUT2D eigenvalue weighted by molar-refractivity contribution is 7.99. The monoisotopic (exact) mass is 231 g/mol. The molecular formula is C14H17NS. The standard InChI is InChI=1S/C14H17NS/c1-3-12(4-2)15-9-11-10-16-14-8-6-5-7-13(11)14/h1,5-8,11-12,15H,4,9-10H2,2H3. The molecule has 1 heterocycles. The van der Waals surface area contributed by atoms with Crippen LogP contribution >= 0.6 is 11.8 Å². The number of terminal acetylenes is 1. The topological polar surface area (TPSA) is 12.0 Å². The smallest absolute Gasteiger partial charge is 0.0684 e. The van der Waals surface area contributed by atoms with Crippen LogP contribution in [0.5, 0.6) is 0 Å². The van der Waals surface area contributed by atoms with Crippen molar-refractivity contribution in [3.05, 3.63) is 29.8 Å². The van der Waals surface area contributed by atoms with Crippen molar-refractivity contribution in [2.75, 3.05) is 12.3 Å². The average molecular weight is 231 g/mol. The van der Waals surface area contributed by atoms with Gasteiger partial charge in [0, 0.05) is 23.1 Å². The molecule has 2 atom stereocenters. The van der Waals surface area contributed by atoms with Gasteiger partial charge in [-0.15, -0.1) is 18.2 Å². The molecular weight excluding hydrogens is 214 g/mol. The summed E-state index contributed by atoms with van der Waals surface area (Å²) >= 11 is 1.95. The van der Waals surface area contributed by atoms with E-state index in [-0.39, 0.29) is 6.04 Å². The van der Waals surface area contributed by atoms with Crippen LogP contribution in [0.15, 0.2) is 29.2 Å². The summed E-state index contributed by atoms with van der Waals surface area (Å²) in [6, 6.07) is 8.89. The number of fused-ring (bicyclic) bond motifs is 1. The molecule has 0 aromatic heterocycles. The van der Waals surface area contributed by atoms with Crippen molar-refractivity contribution in [2.45, 2.75) is 30.2 Å². The molecule has 84 valence electrons. The highest BCUT2D eigenvalue weighted by Gasteiger charge is 2.22. The predicted molar refractivity (Wildman–Crippen MR) is 70.8 cm³/mol. The van der Waals surface area contributed by atoms with E-state index in [0.29, 0.717) is 5.92 Å². The van der Waals surface area contributed by atoms with Gasteiger partial charge >= 0.3 is 0 Å². The summed E-state index contributed by atoms with van der Waals surface area (Å²) in [4.78, 5) is 1.43. The van der Waals surface area contributed by atoms with Crippen molar-refractivity contribution in [1.29, 1.82) is 0 Å². The van der Waals surface area contributed by atoms with Gasteiger partial charge in [0.05, 0.1) is 6.04 Å². The molecule has 0 spiro atoms. The van der Waals surface area contributed by atoms with E-state index in [2.05, 4.69) is 42.4 Å². The lowest BCUT2D eigenvalue weighted by atomic mass is 10.0. The molecule has 1 N–H and O–H groups in total. The molecule has 1 nitrogen and oxygen atoms in total. The molecule has 0 saturated carbocycles. The first-order chi connectivity index (χ1) is 7.85. The van der Waals surface area contributed by atoms with Crippen molar-refractivity contribution in [3.63, 3.8) is 0 Å². The Bertz CT molecular complexity index is 394. The molecule has 2 unspecified atom stereocenters. The fourth-order valence-electron chi connectivity index (χ4n) is 2.00. The summed E-state index contributed by atoms with van der Waals surface area (Å²) < 4.78 is 0. The number of hydrogen-bond acceptors (Lipinski definition) is 2. The minimum Gasteiger partial charge on any atom is -0.303 e. The van der Waals surface area contributed by atoms with Gasteiger partial charge in [-0.25, -0.2) is 0 Å². The summed E-state index contributed by atoms with van der Waals surface area (Å²) in [5.41, 5.74) is 1.48. The minimum atomic E-state index is 0.220. The zero-order valence-electron chi connectivity index (χ0n) is 9.57. The Hall–Kier alpha value is -0.910. The van der Waals surface area contributed by atoms with E-state index >= 15 is 0 Å². The van der Waals surface area contributed by atoms with Gasteiger partial charge in [0.25, 0.3) is 0 Å². The van der Waals surface area contributed by atoms with E-state index in [1.54, 1.807) is 0 Å². The molecule has 1 aliphatic rings. The fraction of sp³-hybridized carbons (Fsp3) is 0.429. The van der Waals surface area contributed by atoms with E-state index in [1.165, 1.54) is 16.2 Å². The first-order valence-corrected chi connectivity index (χ1v) is 6.75. The lowest BCUT2D eigenvalue weighted by Crippen LogP contribution is -2.31. The van der Waals surface area contributed by atoms with Gasteiger partial charge in [-0.2, -0.15) is 0 Å². The van der Waals surface area contributed by atoms with Crippen molar-refractivity contribution in [1.82, 2.24) is 5.32 Å². The van der Waals surface area contributed by atoms with Gasteiger partial charge in [-0.05, 0) is 18.1 Å². The normalized spacial score (nSPS) is 20.1. The lowest BCUT2D eigenvalue weighted by molar-refractivity contribution is 0.556. The first kappa shape index (κ1) is 11.6. The van der Waals surface area contributed by atoms with E-state index < -0.39 is 0 Å². The maximum absolute atomic E-state index is 5.44. The first-order valence-electron chi connectivity index (χ1n) is 5.76. The second kappa shape index (κ2) is 5.43. The maximum atomic E-state index is 5.44. The van der Waals surface area contributed by atoms with Crippen molar-refractivity contribution in [3.8, 4) is 12.3 Å². The van der Waals surface area contributed by atoms with Gasteiger partial charge in [0.2, 0.25) is 0 Å². The van der Waals surface area contributed by atoms with Gasteiger partial charge in [-0.3, -0.25) is 0 Å². The maximum Gasteiger partial charge on any atom is 0.0684 e. The van der Waals surface area contributed by atoms with E-state index in [1.807, 2.05) is 11.8 Å². The number of benzene rings is 1. The van der Waals surface area contributed by atoms with E-state index in [4.69, 9.17) is 6.42 Å². The van der Waals surface area contributed by atoms with Crippen LogP contribution in [-0.2, 0) is 0 Å². The second-order valence-corrected chi connectivity index (χ2v) is 5.14. The molecule has 16 heavy (non-hydrogen) atoms. The molecule has 1 aromatic rings. The SMILES string of the molecule is C#CC(CC)NCC1CSc2ccccc21. The van der Waals surface area contributed by atoms with Gasteiger partial charge in [0.1, 0.15) is 0 Å². The molecule has 0 bridgehead atoms. The molecule has 1 aromatic carbocycles. The Kier molecular flexibility index (Phi) is 3.93. The zero-order chi connectivity index (χ0) is 11.4. The molecule has 2 rings (SSSR count). The van der Waals surface area contributed by atoms with Crippen LogP contribution in [0.1, 0.15) is 24.8 Å². The average Bonchev–Trinajstić information content (AvgIpc) is 2.74. The molecule has 1 aliphatic heterocycles. The van der Waals surface area contributed by atoms with Crippen molar-refractivity contribution in [2.24, 2.45) is 0 Å². The zero-order valence-corrected chi connectivity index (χ0v) is 10.4. The number of hydrogen-bond donors (Lipinski definition) is 1. The molecule has 0 radical (unpaired) electrons. The van der Waals surface area contributed by atoms with Crippen LogP contribution < -0.4 is 5.32 Å². The Balaban J connectivity index is 1.96. The lowest BCUT2D eigenvalue weighted by Gasteiger charge is -2.15. The summed E-state index contributed by atoms with van der Waals surface area (Å²) in [6.07, 6.45) is 6.44. The van der Waals surface area contributed by atoms with Crippen molar-refractivity contribution >= 4 is 11.8 Å². The van der Waals surface area contributed by atoms with Crippen LogP contribution in [0.2, 0.25) is 0 Å². The minimum absolute atomic E-state index is 0.220. The Morgan fingerprint density at radius 1 is 1.56 bits per heavy atom. The highest BCUT2D eigenvalue weighted by Crippen LogP contribution is 2.38. The number of rotatable bonds is 4. The molecule has 0 aliphatic carbocycles. The largest absolute Gasteiger partial charge is 0.303 e. The van der Waals surface area contributed by atoms with Gasteiger partial charge in [0.15, 0.2) is 0 Å². The third-order valence-electron chi connectivity index (χ3n) is 3.02. The van der Waals surface area contributed by atoms with E-state index in [0.717, 1.165) is 13.0 Å². The van der Waals surface area contributed by atoms with Crippen LogP contribution in [0, 0.1) is 12.3 Å². The Labute approximate surface area is 102 Å². The highest BCUT2D eigenvalue weighted by atomic mass is 32.2.